The van der Waals surface area contributed by atoms with E-state index in [1.165, 1.54) is 11.0 Å². The van der Waals surface area contributed by atoms with Crippen molar-refractivity contribution < 1.29 is 33.0 Å². The van der Waals surface area contributed by atoms with Gasteiger partial charge in [-0.1, -0.05) is 25.1 Å². The zero-order valence-electron chi connectivity index (χ0n) is 22.2. The summed E-state index contributed by atoms with van der Waals surface area (Å²) in [5, 5.41) is 15.5. The van der Waals surface area contributed by atoms with Crippen molar-refractivity contribution in [1.82, 2.24) is 19.3 Å². The first-order chi connectivity index (χ1) is 18.7. The number of esters is 1. The van der Waals surface area contributed by atoms with Crippen molar-refractivity contribution in [3.63, 3.8) is 0 Å². The number of rotatable bonds is 9. The van der Waals surface area contributed by atoms with E-state index in [-0.39, 0.29) is 19.1 Å². The summed E-state index contributed by atoms with van der Waals surface area (Å²) < 4.78 is 41.0. The Morgan fingerprint density at radius 1 is 1.28 bits per heavy atom. The van der Waals surface area contributed by atoms with E-state index in [9.17, 15) is 14.5 Å². The maximum Gasteiger partial charge on any atom is 0.462 e. The summed E-state index contributed by atoms with van der Waals surface area (Å²) in [6, 6.07) is 11.5. The number of nitrogens with zero attached hydrogens (tertiary/aromatic N) is 4. The SMILES string of the molecule is CCOC(=O)C1CCCN1P(=O)(OCC1OC(C)(c2ccc3c(N)ncnn23)C(C)C1O)Oc1ccccc1. The number of para-hydroxylation sites is 1. The summed E-state index contributed by atoms with van der Waals surface area (Å²) in [6.07, 6.45) is 0.655. The summed E-state index contributed by atoms with van der Waals surface area (Å²) in [6.45, 7) is 5.74. The van der Waals surface area contributed by atoms with Gasteiger partial charge in [0.25, 0.3) is 0 Å². The zero-order chi connectivity index (χ0) is 27.8. The second-order valence-corrected chi connectivity index (χ2v) is 11.8. The van der Waals surface area contributed by atoms with Crippen LogP contribution in [0.2, 0.25) is 0 Å². The lowest BCUT2D eigenvalue weighted by Gasteiger charge is -2.31. The molecular weight excluding hydrogens is 525 g/mol. The third-order valence-corrected chi connectivity index (χ3v) is 9.64. The minimum absolute atomic E-state index is 0.206. The maximum absolute atomic E-state index is 14.4. The van der Waals surface area contributed by atoms with Crippen LogP contribution in [-0.2, 0) is 29.0 Å². The number of nitrogen functional groups attached to an aromatic ring is 1. The second-order valence-electron chi connectivity index (χ2n) is 9.95. The summed E-state index contributed by atoms with van der Waals surface area (Å²) in [7, 11) is -4.07. The first-order valence-corrected chi connectivity index (χ1v) is 14.5. The van der Waals surface area contributed by atoms with Gasteiger partial charge in [0.15, 0.2) is 5.82 Å². The summed E-state index contributed by atoms with van der Waals surface area (Å²) in [5.74, 6) is -0.200. The zero-order valence-corrected chi connectivity index (χ0v) is 23.1. The Morgan fingerprint density at radius 3 is 2.79 bits per heavy atom. The molecule has 3 aromatic rings. The van der Waals surface area contributed by atoms with Gasteiger partial charge < -0.3 is 24.8 Å². The number of aromatic nitrogens is 3. The second kappa shape index (κ2) is 10.9. The van der Waals surface area contributed by atoms with E-state index < -0.39 is 37.6 Å². The monoisotopic (exact) mass is 559 g/mol. The standard InChI is InChI=1S/C26H34N5O7P/c1-4-35-25(33)20-11-8-14-30(20)39(34,38-18-9-6-5-7-10-18)36-15-21-23(32)17(2)26(3,37-21)22-13-12-19-24(27)28-16-29-31(19)22/h5-7,9-10,12-13,16-17,20-21,23,32H,4,8,11,14-15H2,1-3H3,(H2,27,28,29). The van der Waals surface area contributed by atoms with Crippen LogP contribution in [0.4, 0.5) is 5.82 Å². The van der Waals surface area contributed by atoms with Gasteiger partial charge in [-0.25, -0.2) is 14.1 Å². The third kappa shape index (κ3) is 5.03. The largest absolute Gasteiger partial charge is 0.465 e. The van der Waals surface area contributed by atoms with Gasteiger partial charge in [-0.15, -0.1) is 0 Å². The van der Waals surface area contributed by atoms with Crippen LogP contribution in [0.15, 0.2) is 48.8 Å². The first-order valence-electron chi connectivity index (χ1n) is 13.1. The molecule has 3 N–H and O–H groups in total. The average Bonchev–Trinajstić information content (AvgIpc) is 3.64. The third-order valence-electron chi connectivity index (χ3n) is 7.61. The molecule has 4 heterocycles. The fourth-order valence-corrected chi connectivity index (χ4v) is 7.32. The molecule has 12 nitrogen and oxygen atoms in total. The van der Waals surface area contributed by atoms with Gasteiger partial charge in [0.1, 0.15) is 35.3 Å². The van der Waals surface area contributed by atoms with Crippen molar-refractivity contribution in [3.8, 4) is 5.75 Å². The quantitative estimate of drug-likeness (QED) is 0.294. The summed E-state index contributed by atoms with van der Waals surface area (Å²) in [5.41, 5.74) is 6.35. The van der Waals surface area contributed by atoms with E-state index in [0.717, 1.165) is 0 Å². The van der Waals surface area contributed by atoms with Gasteiger partial charge in [-0.2, -0.15) is 9.77 Å². The van der Waals surface area contributed by atoms with Crippen molar-refractivity contribution >= 4 is 25.1 Å². The van der Waals surface area contributed by atoms with Crippen LogP contribution in [0.5, 0.6) is 5.75 Å². The van der Waals surface area contributed by atoms with E-state index in [2.05, 4.69) is 10.1 Å². The average molecular weight is 560 g/mol. The Balaban J connectivity index is 1.40. The predicted molar refractivity (Wildman–Crippen MR) is 142 cm³/mol. The molecule has 0 spiro atoms. The molecule has 0 bridgehead atoms. The highest BCUT2D eigenvalue weighted by molar-refractivity contribution is 7.51. The molecular formula is C26H34N5O7P. The van der Waals surface area contributed by atoms with Crippen LogP contribution in [0, 0.1) is 5.92 Å². The molecule has 0 saturated carbocycles. The molecule has 6 atom stereocenters. The molecule has 2 saturated heterocycles. The van der Waals surface area contributed by atoms with E-state index in [4.69, 9.17) is 24.3 Å². The lowest BCUT2D eigenvalue weighted by Crippen LogP contribution is -2.38. The van der Waals surface area contributed by atoms with E-state index in [1.54, 1.807) is 41.8 Å². The molecule has 210 valence electrons. The fraction of sp³-hybridized carbons (Fsp3) is 0.500. The van der Waals surface area contributed by atoms with E-state index in [1.807, 2.05) is 26.0 Å². The molecule has 39 heavy (non-hydrogen) atoms. The van der Waals surface area contributed by atoms with Crippen LogP contribution in [-0.4, -0.2) is 68.4 Å². The lowest BCUT2D eigenvalue weighted by atomic mass is 9.85. The number of aliphatic hydroxyl groups excluding tert-OH is 1. The lowest BCUT2D eigenvalue weighted by molar-refractivity contribution is -0.147. The van der Waals surface area contributed by atoms with Crippen LogP contribution >= 0.6 is 7.75 Å². The van der Waals surface area contributed by atoms with E-state index in [0.29, 0.717) is 42.2 Å². The van der Waals surface area contributed by atoms with Crippen LogP contribution in [0.25, 0.3) is 5.52 Å². The number of aliphatic hydroxyl groups is 1. The highest BCUT2D eigenvalue weighted by atomic mass is 31.2. The number of nitrogens with two attached hydrogens (primary N) is 1. The number of hydrogen-bond acceptors (Lipinski definition) is 10. The molecule has 2 aliphatic heterocycles. The smallest absolute Gasteiger partial charge is 0.462 e. The van der Waals surface area contributed by atoms with Gasteiger partial charge in [-0.05, 0) is 51.0 Å². The van der Waals surface area contributed by atoms with E-state index >= 15 is 0 Å². The van der Waals surface area contributed by atoms with Crippen molar-refractivity contribution in [2.24, 2.45) is 5.92 Å². The Hall–Kier alpha value is -3.02. The first kappa shape index (κ1) is 27.5. The van der Waals surface area contributed by atoms with Gasteiger partial charge in [-0.3, -0.25) is 9.32 Å². The molecule has 13 heteroatoms. The Bertz CT molecular complexity index is 1370. The molecule has 2 fully saturated rings. The van der Waals surface area contributed by atoms with Crippen molar-refractivity contribution in [1.29, 1.82) is 0 Å². The van der Waals surface area contributed by atoms with Crippen molar-refractivity contribution in [2.75, 3.05) is 25.5 Å². The molecule has 2 aliphatic rings. The molecule has 0 radical (unpaired) electrons. The highest BCUT2D eigenvalue weighted by Gasteiger charge is 2.53. The van der Waals surface area contributed by atoms with Crippen molar-refractivity contribution in [2.45, 2.75) is 57.5 Å². The number of fused-ring (bicyclic) bond motifs is 1. The molecule has 2 aromatic heterocycles. The van der Waals surface area contributed by atoms with Crippen LogP contribution in [0.1, 0.15) is 39.3 Å². The number of anilines is 1. The maximum atomic E-state index is 14.4. The van der Waals surface area contributed by atoms with Crippen LogP contribution in [0.3, 0.4) is 0 Å². The van der Waals surface area contributed by atoms with Gasteiger partial charge in [0, 0.05) is 12.5 Å². The molecule has 5 rings (SSSR count). The normalized spacial score (nSPS) is 28.9. The highest BCUT2D eigenvalue weighted by Crippen LogP contribution is 2.56. The van der Waals surface area contributed by atoms with Crippen molar-refractivity contribution in [3.05, 3.63) is 54.5 Å². The molecule has 6 unspecified atom stereocenters. The minimum Gasteiger partial charge on any atom is -0.465 e. The van der Waals surface area contributed by atoms with Gasteiger partial charge >= 0.3 is 13.7 Å². The number of carbonyl (C=O) groups excluding carboxylic acids is 1. The van der Waals surface area contributed by atoms with Gasteiger partial charge in [0.05, 0.1) is 25.0 Å². The molecule has 1 aromatic carbocycles. The molecule has 0 amide bonds. The number of benzene rings is 1. The Labute approximate surface area is 226 Å². The number of hydrogen-bond donors (Lipinski definition) is 2. The van der Waals surface area contributed by atoms with Gasteiger partial charge in [0.2, 0.25) is 0 Å². The van der Waals surface area contributed by atoms with Crippen LogP contribution < -0.4 is 10.3 Å². The number of carbonyl (C=O) groups is 1. The summed E-state index contributed by atoms with van der Waals surface area (Å²) >= 11 is 0. The number of ether oxygens (including phenoxy) is 2. The topological polar surface area (TPSA) is 151 Å². The summed E-state index contributed by atoms with van der Waals surface area (Å²) in [4.78, 5) is 16.7. The fourth-order valence-electron chi connectivity index (χ4n) is 5.35. The molecule has 0 aliphatic carbocycles. The predicted octanol–water partition coefficient (Wildman–Crippen LogP) is 3.15. The minimum atomic E-state index is -4.07. The Kier molecular flexibility index (Phi) is 7.67. The Morgan fingerprint density at radius 2 is 2.05 bits per heavy atom.